The van der Waals surface area contributed by atoms with Gasteiger partial charge in [0.1, 0.15) is 22.9 Å². The molecule has 0 fully saturated rings. The van der Waals surface area contributed by atoms with Crippen molar-refractivity contribution in [2.24, 2.45) is 0 Å². The maximum absolute atomic E-state index is 14.1. The number of pyridine rings is 1. The summed E-state index contributed by atoms with van der Waals surface area (Å²) in [5.74, 6) is 9.48. The number of fused-ring (bicyclic) bond motifs is 1. The Morgan fingerprint density at radius 2 is 1.89 bits per heavy atom. The van der Waals surface area contributed by atoms with Crippen LogP contribution in [0.25, 0.3) is 10.9 Å². The number of aliphatic hydroxyl groups is 1. The lowest BCUT2D eigenvalue weighted by Gasteiger charge is -2.19. The van der Waals surface area contributed by atoms with E-state index in [4.69, 9.17) is 0 Å². The molecule has 0 aliphatic carbocycles. The van der Waals surface area contributed by atoms with E-state index >= 15 is 0 Å². The van der Waals surface area contributed by atoms with Gasteiger partial charge in [0.25, 0.3) is 5.91 Å². The van der Waals surface area contributed by atoms with E-state index in [1.807, 2.05) is 30.3 Å². The lowest BCUT2D eigenvalue weighted by Crippen LogP contribution is -2.30. The standard InChI is InChI=1S/C29H24FN3O3/c1-18-14-19(8-6-7-13-29(2,3)36)15-25(31-18)28(35)33-27(22-17-21(30)11-12-26(22)34)24-16-20-9-4-5-10-23(20)32-24/h4-5,9-12,14-17,27,32,34,36H,1-3H3,(H,33,35). The van der Waals surface area contributed by atoms with E-state index in [9.17, 15) is 19.4 Å². The van der Waals surface area contributed by atoms with Gasteiger partial charge in [-0.15, -0.1) is 0 Å². The summed E-state index contributed by atoms with van der Waals surface area (Å²) in [7, 11) is 0. The molecule has 2 aromatic heterocycles. The van der Waals surface area contributed by atoms with Crippen molar-refractivity contribution in [3.05, 3.63) is 94.7 Å². The molecular weight excluding hydrogens is 457 g/mol. The molecule has 4 aromatic rings. The van der Waals surface area contributed by atoms with E-state index in [-0.39, 0.29) is 17.0 Å². The smallest absolute Gasteiger partial charge is 0.270 e. The van der Waals surface area contributed by atoms with Crippen LogP contribution in [0.2, 0.25) is 0 Å². The molecule has 1 atom stereocenters. The van der Waals surface area contributed by atoms with Gasteiger partial charge in [0, 0.05) is 28.0 Å². The van der Waals surface area contributed by atoms with Crippen LogP contribution in [0.4, 0.5) is 4.39 Å². The van der Waals surface area contributed by atoms with E-state index in [1.165, 1.54) is 18.2 Å². The van der Waals surface area contributed by atoms with E-state index in [0.29, 0.717) is 17.0 Å². The van der Waals surface area contributed by atoms with Crippen LogP contribution in [-0.2, 0) is 0 Å². The Bertz CT molecular complexity index is 1540. The Labute approximate surface area is 208 Å². The molecule has 1 amide bonds. The highest BCUT2D eigenvalue weighted by atomic mass is 19.1. The monoisotopic (exact) mass is 481 g/mol. The second-order valence-electron chi connectivity index (χ2n) is 8.86. The van der Waals surface area contributed by atoms with Gasteiger partial charge >= 0.3 is 0 Å². The molecule has 4 rings (SSSR count). The Balaban J connectivity index is 1.70. The molecule has 2 heterocycles. The number of phenols is 1. The minimum Gasteiger partial charge on any atom is -0.508 e. The molecule has 1 unspecified atom stereocenters. The molecule has 2 aromatic carbocycles. The zero-order valence-corrected chi connectivity index (χ0v) is 20.0. The molecule has 0 radical (unpaired) electrons. The number of rotatable bonds is 4. The molecule has 0 bridgehead atoms. The number of para-hydroxylation sites is 1. The topological polar surface area (TPSA) is 98.2 Å². The fraction of sp³-hybridized carbons (Fsp3) is 0.172. The number of nitrogens with zero attached hydrogens (tertiary/aromatic N) is 1. The zero-order chi connectivity index (χ0) is 25.9. The number of halogens is 1. The lowest BCUT2D eigenvalue weighted by atomic mass is 10.0. The predicted octanol–water partition coefficient (Wildman–Crippen LogP) is 4.36. The maximum Gasteiger partial charge on any atom is 0.270 e. The molecule has 0 aliphatic rings. The fourth-order valence-corrected chi connectivity index (χ4v) is 3.68. The second kappa shape index (κ2) is 9.95. The predicted molar refractivity (Wildman–Crippen MR) is 136 cm³/mol. The highest BCUT2D eigenvalue weighted by Crippen LogP contribution is 2.31. The van der Waals surface area contributed by atoms with Crippen molar-refractivity contribution >= 4 is 16.8 Å². The number of carbonyl (C=O) groups excluding carboxylic acids is 1. The van der Waals surface area contributed by atoms with Crippen molar-refractivity contribution in [1.82, 2.24) is 15.3 Å². The highest BCUT2D eigenvalue weighted by Gasteiger charge is 2.24. The van der Waals surface area contributed by atoms with Gasteiger partial charge in [-0.3, -0.25) is 4.79 Å². The number of aryl methyl sites for hydroxylation is 1. The number of phenolic OH excluding ortho intramolecular Hbond substituents is 1. The molecule has 4 N–H and O–H groups in total. The summed E-state index contributed by atoms with van der Waals surface area (Å²) < 4.78 is 14.1. The summed E-state index contributed by atoms with van der Waals surface area (Å²) in [5, 5.41) is 23.9. The van der Waals surface area contributed by atoms with Crippen LogP contribution in [0.15, 0.2) is 60.7 Å². The van der Waals surface area contributed by atoms with Gasteiger partial charge < -0.3 is 20.5 Å². The third-order valence-corrected chi connectivity index (χ3v) is 5.26. The average Bonchev–Trinajstić information content (AvgIpc) is 3.25. The first-order valence-electron chi connectivity index (χ1n) is 11.2. The van der Waals surface area contributed by atoms with Crippen molar-refractivity contribution in [2.45, 2.75) is 32.4 Å². The van der Waals surface area contributed by atoms with Crippen molar-refractivity contribution in [2.75, 3.05) is 0 Å². The Morgan fingerprint density at radius 3 is 2.64 bits per heavy atom. The number of nitrogens with one attached hydrogen (secondary N) is 2. The number of hydrogen-bond donors (Lipinski definition) is 4. The zero-order valence-electron chi connectivity index (χ0n) is 20.0. The van der Waals surface area contributed by atoms with Gasteiger partial charge in [0.2, 0.25) is 0 Å². The third kappa shape index (κ3) is 5.90. The molecule has 36 heavy (non-hydrogen) atoms. The highest BCUT2D eigenvalue weighted by molar-refractivity contribution is 5.93. The number of carbonyl (C=O) groups is 1. The minimum atomic E-state index is -1.16. The van der Waals surface area contributed by atoms with Crippen molar-refractivity contribution in [1.29, 1.82) is 0 Å². The van der Waals surface area contributed by atoms with Crippen molar-refractivity contribution in [3.63, 3.8) is 0 Å². The van der Waals surface area contributed by atoms with E-state index in [1.54, 1.807) is 26.8 Å². The average molecular weight is 482 g/mol. The molecule has 180 valence electrons. The molecule has 0 spiro atoms. The van der Waals surface area contributed by atoms with Gasteiger partial charge in [0.15, 0.2) is 0 Å². The summed E-state index contributed by atoms with van der Waals surface area (Å²) in [6.45, 7) is 4.85. The van der Waals surface area contributed by atoms with Gasteiger partial charge in [-0.05, 0) is 80.5 Å². The van der Waals surface area contributed by atoms with E-state index in [2.05, 4.69) is 39.0 Å². The van der Waals surface area contributed by atoms with Crippen LogP contribution in [0.1, 0.15) is 52.9 Å². The van der Waals surface area contributed by atoms with Crippen LogP contribution in [-0.4, -0.2) is 31.7 Å². The van der Waals surface area contributed by atoms with Crippen LogP contribution in [0, 0.1) is 36.4 Å². The minimum absolute atomic E-state index is 0.103. The lowest BCUT2D eigenvalue weighted by molar-refractivity contribution is 0.0936. The second-order valence-corrected chi connectivity index (χ2v) is 8.86. The first-order chi connectivity index (χ1) is 17.1. The third-order valence-electron chi connectivity index (χ3n) is 5.26. The van der Waals surface area contributed by atoms with Crippen molar-refractivity contribution < 1.29 is 19.4 Å². The number of aromatic amines is 1. The van der Waals surface area contributed by atoms with Crippen LogP contribution in [0.3, 0.4) is 0 Å². The Hall–Kier alpha value is -4.59. The van der Waals surface area contributed by atoms with Crippen LogP contribution >= 0.6 is 0 Å². The first-order valence-corrected chi connectivity index (χ1v) is 11.2. The van der Waals surface area contributed by atoms with Gasteiger partial charge in [0.05, 0.1) is 6.04 Å². The molecule has 7 heteroatoms. The molecule has 6 nitrogen and oxygen atoms in total. The number of H-pyrrole nitrogens is 1. The summed E-state index contributed by atoms with van der Waals surface area (Å²) in [6, 6.07) is 15.3. The normalized spacial score (nSPS) is 11.7. The number of hydrogen-bond acceptors (Lipinski definition) is 4. The Kier molecular flexibility index (Phi) is 6.78. The largest absolute Gasteiger partial charge is 0.508 e. The summed E-state index contributed by atoms with van der Waals surface area (Å²) in [6.07, 6.45) is 0. The Morgan fingerprint density at radius 1 is 1.11 bits per heavy atom. The SMILES string of the molecule is Cc1cc(C#CC#CC(C)(C)O)cc(C(=O)NC(c2cc3ccccc3[nH]2)c2cc(F)ccc2O)n1. The number of amides is 1. The summed E-state index contributed by atoms with van der Waals surface area (Å²) in [5.41, 5.74) is 1.64. The van der Waals surface area contributed by atoms with E-state index in [0.717, 1.165) is 17.0 Å². The van der Waals surface area contributed by atoms with Gasteiger partial charge in [-0.2, -0.15) is 0 Å². The quantitative estimate of drug-likeness (QED) is 0.326. The molecular formula is C29H24FN3O3. The van der Waals surface area contributed by atoms with E-state index < -0.39 is 23.4 Å². The maximum atomic E-state index is 14.1. The van der Waals surface area contributed by atoms with Gasteiger partial charge in [-0.1, -0.05) is 30.0 Å². The van der Waals surface area contributed by atoms with Crippen molar-refractivity contribution in [3.8, 4) is 29.4 Å². The molecule has 0 saturated carbocycles. The summed E-state index contributed by atoms with van der Waals surface area (Å²) in [4.78, 5) is 20.9. The van der Waals surface area contributed by atoms with Crippen LogP contribution < -0.4 is 5.32 Å². The van der Waals surface area contributed by atoms with Crippen LogP contribution in [0.5, 0.6) is 5.75 Å². The first kappa shape index (κ1) is 24.5. The number of aromatic hydroxyl groups is 1. The number of benzene rings is 2. The summed E-state index contributed by atoms with van der Waals surface area (Å²) >= 11 is 0. The molecule has 0 aliphatic heterocycles. The van der Waals surface area contributed by atoms with Gasteiger partial charge in [-0.25, -0.2) is 9.37 Å². The fourth-order valence-electron chi connectivity index (χ4n) is 3.68. The molecule has 0 saturated heterocycles. The number of aromatic nitrogens is 2.